The first-order valence-electron chi connectivity index (χ1n) is 8.98. The summed E-state index contributed by atoms with van der Waals surface area (Å²) in [6.45, 7) is -0.192. The van der Waals surface area contributed by atoms with Gasteiger partial charge in [0.1, 0.15) is 5.75 Å². The van der Waals surface area contributed by atoms with E-state index in [2.05, 4.69) is 0 Å². The number of benzene rings is 1. The molecule has 0 aromatic heterocycles. The Labute approximate surface area is 142 Å². The lowest BCUT2D eigenvalue weighted by Crippen LogP contribution is -2.48. The fraction of sp³-hybridized carbons (Fsp3) is 0.600. The van der Waals surface area contributed by atoms with Gasteiger partial charge in [-0.1, -0.05) is 12.1 Å². The standard InChI is InChI=1S/C20H24O4/c1-23-18-5-3-2-4-16(18)17(21)11-24-20(22)19-14-7-12-6-13(9-14)10-15(19)8-12/h2-5,12-15,19H,6-11H2,1H3. The summed E-state index contributed by atoms with van der Waals surface area (Å²) in [4.78, 5) is 25.0. The summed E-state index contributed by atoms with van der Waals surface area (Å²) in [5, 5.41) is 0. The average molecular weight is 328 g/mol. The van der Waals surface area contributed by atoms with Gasteiger partial charge in [-0.25, -0.2) is 0 Å². The zero-order chi connectivity index (χ0) is 16.7. The SMILES string of the molecule is COc1ccccc1C(=O)COC(=O)C1C2CC3CC(C2)CC1C3. The van der Waals surface area contributed by atoms with E-state index in [1.54, 1.807) is 18.2 Å². The molecule has 4 aliphatic carbocycles. The Balaban J connectivity index is 1.39. The highest BCUT2D eigenvalue weighted by molar-refractivity contribution is 6.00. The Morgan fingerprint density at radius 3 is 2.25 bits per heavy atom. The Bertz CT molecular complexity index is 623. The van der Waals surface area contributed by atoms with Crippen LogP contribution in [-0.2, 0) is 9.53 Å². The summed E-state index contributed by atoms with van der Waals surface area (Å²) in [5.74, 6) is 2.79. The van der Waals surface area contributed by atoms with Crippen LogP contribution in [0.2, 0.25) is 0 Å². The average Bonchev–Trinajstić information content (AvgIpc) is 2.58. The molecule has 0 atom stereocenters. The zero-order valence-electron chi connectivity index (χ0n) is 14.1. The van der Waals surface area contributed by atoms with E-state index in [0.29, 0.717) is 23.1 Å². The molecule has 0 amide bonds. The highest BCUT2D eigenvalue weighted by Gasteiger charge is 2.51. The first-order valence-corrected chi connectivity index (χ1v) is 8.98. The van der Waals surface area contributed by atoms with E-state index in [4.69, 9.17) is 9.47 Å². The Hall–Kier alpha value is -1.84. The maximum Gasteiger partial charge on any atom is 0.309 e. The zero-order valence-corrected chi connectivity index (χ0v) is 14.1. The molecule has 0 heterocycles. The molecule has 128 valence electrons. The van der Waals surface area contributed by atoms with Crippen molar-refractivity contribution in [2.75, 3.05) is 13.7 Å². The minimum atomic E-state index is -0.204. The fourth-order valence-corrected chi connectivity index (χ4v) is 5.50. The molecule has 0 saturated heterocycles. The van der Waals surface area contributed by atoms with Crippen LogP contribution >= 0.6 is 0 Å². The molecule has 4 saturated carbocycles. The lowest BCUT2D eigenvalue weighted by atomic mass is 9.52. The largest absolute Gasteiger partial charge is 0.496 e. The van der Waals surface area contributed by atoms with E-state index in [1.165, 1.54) is 39.2 Å². The molecule has 0 spiro atoms. The van der Waals surface area contributed by atoms with Crippen molar-refractivity contribution in [1.29, 1.82) is 0 Å². The molecule has 0 radical (unpaired) electrons. The summed E-state index contributed by atoms with van der Waals surface area (Å²) in [6.07, 6.45) is 6.06. The van der Waals surface area contributed by atoms with E-state index < -0.39 is 0 Å². The van der Waals surface area contributed by atoms with Gasteiger partial charge in [0.2, 0.25) is 5.78 Å². The van der Waals surface area contributed by atoms with Crippen molar-refractivity contribution in [2.24, 2.45) is 29.6 Å². The molecular formula is C20H24O4. The second-order valence-electron chi connectivity index (χ2n) is 7.69. The molecule has 4 bridgehead atoms. The number of carbonyl (C=O) groups excluding carboxylic acids is 2. The first-order chi connectivity index (χ1) is 11.7. The topological polar surface area (TPSA) is 52.6 Å². The number of hydrogen-bond acceptors (Lipinski definition) is 4. The predicted octanol–water partition coefficient (Wildman–Crippen LogP) is 3.49. The van der Waals surface area contributed by atoms with E-state index >= 15 is 0 Å². The van der Waals surface area contributed by atoms with Gasteiger partial charge in [-0.15, -0.1) is 0 Å². The number of Topliss-reactive ketones (excluding diaryl/α,β-unsaturated/α-hetero) is 1. The molecule has 4 aliphatic rings. The van der Waals surface area contributed by atoms with Crippen molar-refractivity contribution < 1.29 is 19.1 Å². The number of esters is 1. The number of methoxy groups -OCH3 is 1. The van der Waals surface area contributed by atoms with Gasteiger partial charge in [-0.05, 0) is 67.9 Å². The lowest BCUT2D eigenvalue weighted by molar-refractivity contribution is -0.161. The molecule has 4 fully saturated rings. The molecule has 5 rings (SSSR count). The quantitative estimate of drug-likeness (QED) is 0.613. The maximum atomic E-state index is 12.6. The number of ketones is 1. The molecule has 1 aromatic rings. The second-order valence-corrected chi connectivity index (χ2v) is 7.69. The number of para-hydroxylation sites is 1. The van der Waals surface area contributed by atoms with Crippen LogP contribution in [0.3, 0.4) is 0 Å². The van der Waals surface area contributed by atoms with Crippen LogP contribution < -0.4 is 4.74 Å². The fourth-order valence-electron chi connectivity index (χ4n) is 5.50. The van der Waals surface area contributed by atoms with Gasteiger partial charge in [0.05, 0.1) is 18.6 Å². The van der Waals surface area contributed by atoms with Crippen LogP contribution in [-0.4, -0.2) is 25.5 Å². The van der Waals surface area contributed by atoms with Crippen molar-refractivity contribution >= 4 is 11.8 Å². The first kappa shape index (κ1) is 15.7. The Morgan fingerprint density at radius 2 is 1.62 bits per heavy atom. The van der Waals surface area contributed by atoms with Crippen LogP contribution in [0.1, 0.15) is 42.5 Å². The van der Waals surface area contributed by atoms with Crippen molar-refractivity contribution in [3.05, 3.63) is 29.8 Å². The van der Waals surface area contributed by atoms with Crippen LogP contribution in [0.15, 0.2) is 24.3 Å². The summed E-state index contributed by atoms with van der Waals surface area (Å²) in [7, 11) is 1.53. The third-order valence-electron chi connectivity index (χ3n) is 6.25. The molecule has 0 N–H and O–H groups in total. The summed E-state index contributed by atoms with van der Waals surface area (Å²) >= 11 is 0. The Morgan fingerprint density at radius 1 is 1.00 bits per heavy atom. The highest BCUT2D eigenvalue weighted by Crippen LogP contribution is 2.56. The summed E-state index contributed by atoms with van der Waals surface area (Å²) < 4.78 is 10.6. The number of carbonyl (C=O) groups is 2. The van der Waals surface area contributed by atoms with E-state index in [9.17, 15) is 9.59 Å². The van der Waals surface area contributed by atoms with Gasteiger partial charge >= 0.3 is 5.97 Å². The predicted molar refractivity (Wildman–Crippen MR) is 88.8 cm³/mol. The van der Waals surface area contributed by atoms with Gasteiger partial charge in [-0.3, -0.25) is 9.59 Å². The molecule has 4 heteroatoms. The minimum absolute atomic E-state index is 0.0169. The van der Waals surface area contributed by atoms with Gasteiger partial charge in [0, 0.05) is 0 Å². The number of rotatable bonds is 5. The number of hydrogen-bond donors (Lipinski definition) is 0. The van der Waals surface area contributed by atoms with Crippen LogP contribution in [0.4, 0.5) is 0 Å². The lowest BCUT2D eigenvalue weighted by Gasteiger charge is -2.53. The van der Waals surface area contributed by atoms with Crippen molar-refractivity contribution in [3.63, 3.8) is 0 Å². The molecule has 0 aliphatic heterocycles. The smallest absolute Gasteiger partial charge is 0.309 e. The number of ether oxygens (including phenoxy) is 2. The van der Waals surface area contributed by atoms with Gasteiger partial charge in [0.25, 0.3) is 0 Å². The van der Waals surface area contributed by atoms with E-state index in [0.717, 1.165) is 11.8 Å². The monoisotopic (exact) mass is 328 g/mol. The van der Waals surface area contributed by atoms with Gasteiger partial charge in [-0.2, -0.15) is 0 Å². The van der Waals surface area contributed by atoms with E-state index in [1.807, 2.05) is 6.07 Å². The molecule has 0 unspecified atom stereocenters. The maximum absolute atomic E-state index is 12.6. The third-order valence-corrected chi connectivity index (χ3v) is 6.25. The Kier molecular flexibility index (Phi) is 4.07. The summed E-state index contributed by atoms with van der Waals surface area (Å²) in [5.41, 5.74) is 0.470. The van der Waals surface area contributed by atoms with Crippen LogP contribution in [0, 0.1) is 29.6 Å². The van der Waals surface area contributed by atoms with Crippen molar-refractivity contribution in [2.45, 2.75) is 32.1 Å². The molecule has 24 heavy (non-hydrogen) atoms. The minimum Gasteiger partial charge on any atom is -0.496 e. The highest BCUT2D eigenvalue weighted by atomic mass is 16.5. The molecular weight excluding hydrogens is 304 g/mol. The normalized spacial score (nSPS) is 33.3. The summed E-state index contributed by atoms with van der Waals surface area (Å²) in [6, 6.07) is 7.05. The van der Waals surface area contributed by atoms with Crippen LogP contribution in [0.25, 0.3) is 0 Å². The van der Waals surface area contributed by atoms with E-state index in [-0.39, 0.29) is 24.3 Å². The molecule has 1 aromatic carbocycles. The van der Waals surface area contributed by atoms with Gasteiger partial charge < -0.3 is 9.47 Å². The van der Waals surface area contributed by atoms with Crippen molar-refractivity contribution in [3.8, 4) is 5.75 Å². The van der Waals surface area contributed by atoms with Crippen molar-refractivity contribution in [1.82, 2.24) is 0 Å². The van der Waals surface area contributed by atoms with Crippen LogP contribution in [0.5, 0.6) is 5.75 Å². The second kappa shape index (κ2) is 6.23. The molecule has 4 nitrogen and oxygen atoms in total. The third kappa shape index (κ3) is 2.72. The van der Waals surface area contributed by atoms with Gasteiger partial charge in [0.15, 0.2) is 6.61 Å².